The van der Waals surface area contributed by atoms with Crippen molar-refractivity contribution in [3.8, 4) is 11.5 Å². The van der Waals surface area contributed by atoms with E-state index in [1.807, 2.05) is 0 Å². The number of carboxylic acid groups (broad SMARTS) is 1. The molecule has 3 rings (SSSR count). The van der Waals surface area contributed by atoms with Gasteiger partial charge >= 0.3 is 5.97 Å². The predicted octanol–water partition coefficient (Wildman–Crippen LogP) is -4.46. The molecule has 0 unspecified atom stereocenters. The number of phenols is 2. The molecule has 0 saturated heterocycles. The second kappa shape index (κ2) is 39.1. The van der Waals surface area contributed by atoms with E-state index in [9.17, 15) is 83.1 Å². The van der Waals surface area contributed by atoms with Gasteiger partial charge in [-0.15, -0.1) is 0 Å². The van der Waals surface area contributed by atoms with Gasteiger partial charge in [0.2, 0.25) is 65.0 Å². The highest BCUT2D eigenvalue weighted by molar-refractivity contribution is 7.80. The van der Waals surface area contributed by atoms with Crippen molar-refractivity contribution in [2.45, 2.75) is 145 Å². The number of carbonyl (C=O) groups is 12. The van der Waals surface area contributed by atoms with E-state index in [1.54, 1.807) is 30.3 Å². The quantitative estimate of drug-likeness (QED) is 0.0189. The highest BCUT2D eigenvalue weighted by atomic mass is 32.1. The number of hydrogen-bond acceptors (Lipinski definition) is 19. The maximum atomic E-state index is 14.8. The van der Waals surface area contributed by atoms with Crippen LogP contribution >= 0.6 is 12.6 Å². The summed E-state index contributed by atoms with van der Waals surface area (Å²) in [5.41, 5.74) is 17.7. The number of unbranched alkanes of at least 4 members (excludes halogenated alkanes) is 2. The molecule has 0 radical (unpaired) electrons. The van der Waals surface area contributed by atoms with Gasteiger partial charge in [0.25, 0.3) is 0 Å². The molecule has 10 atom stereocenters. The second-order valence-electron chi connectivity index (χ2n) is 20.9. The Morgan fingerprint density at radius 3 is 1.28 bits per heavy atom. The second-order valence-corrected chi connectivity index (χ2v) is 21.2. The summed E-state index contributed by atoms with van der Waals surface area (Å²) in [4.78, 5) is 161. The Hall–Kier alpha value is -8.91. The molecule has 0 fully saturated rings. The zero-order valence-electron chi connectivity index (χ0n) is 49.4. The number of amides is 11. The van der Waals surface area contributed by atoms with Crippen LogP contribution in [0.1, 0.15) is 81.9 Å². The minimum atomic E-state index is -1.92. The van der Waals surface area contributed by atoms with Gasteiger partial charge in [0, 0.05) is 38.4 Å². The van der Waals surface area contributed by atoms with E-state index in [0.717, 1.165) is 6.92 Å². The molecular weight excluding hydrogens is 1180 g/mol. The fourth-order valence-corrected chi connectivity index (χ4v) is 9.01. The van der Waals surface area contributed by atoms with Crippen molar-refractivity contribution >= 4 is 83.6 Å². The Morgan fingerprint density at radius 2 is 0.876 bits per heavy atom. The summed E-state index contributed by atoms with van der Waals surface area (Å²) in [6, 6.07) is 5.40. The number of nitrogens with two attached hydrogens (primary N) is 3. The minimum Gasteiger partial charge on any atom is -0.508 e. The summed E-state index contributed by atoms with van der Waals surface area (Å²) in [6.45, 7) is 0.975. The molecule has 3 aromatic rings. The van der Waals surface area contributed by atoms with Gasteiger partial charge in [-0.1, -0.05) is 54.6 Å². The van der Waals surface area contributed by atoms with Crippen molar-refractivity contribution in [2.75, 3.05) is 32.0 Å². The number of primary amides is 1. The van der Waals surface area contributed by atoms with E-state index in [-0.39, 0.29) is 62.4 Å². The van der Waals surface area contributed by atoms with Crippen LogP contribution in [0.4, 0.5) is 0 Å². The number of aromatic hydroxyl groups is 2. The monoisotopic (exact) mass is 1270 g/mol. The minimum absolute atomic E-state index is 0.0735. The van der Waals surface area contributed by atoms with Crippen LogP contribution in [0.25, 0.3) is 0 Å². The van der Waals surface area contributed by atoms with Crippen LogP contribution in [0, 0.1) is 0 Å². The van der Waals surface area contributed by atoms with E-state index in [4.69, 9.17) is 17.2 Å². The number of aliphatic hydroxyl groups is 2. The lowest BCUT2D eigenvalue weighted by atomic mass is 10.00. The molecule has 89 heavy (non-hydrogen) atoms. The molecule has 0 aliphatic carbocycles. The third-order valence-electron chi connectivity index (χ3n) is 13.6. The maximum absolute atomic E-state index is 14.8. The SMILES string of the molecule is CC(=O)N[C@@H](CCCCN)C(=O)N[C@@H](CCC(=O)O)C(=O)N[C@@H](Cc1ccc(O)cc1)C(=O)N[C@@H](Cc1ccccc1)C(=O)N[C@@H](Cc1ccc(O)cc1)C(=O)N[C@H](C(=O)N[C@@H](CO)C(=O)NCC(=O)N[C@@H](CCCCN)C(=O)N[C@@H](CS)C(N)=O)[C@@H](C)O. The lowest BCUT2D eigenvalue weighted by Gasteiger charge is -2.28. The van der Waals surface area contributed by atoms with Gasteiger partial charge in [0.1, 0.15) is 65.9 Å². The summed E-state index contributed by atoms with van der Waals surface area (Å²) >= 11 is 4.00. The van der Waals surface area contributed by atoms with Gasteiger partial charge in [-0.25, -0.2) is 0 Å². The first-order valence-electron chi connectivity index (χ1n) is 28.7. The summed E-state index contributed by atoms with van der Waals surface area (Å²) in [5, 5.41) is 75.2. The molecule has 0 heterocycles. The molecule has 31 heteroatoms. The molecule has 0 aromatic heterocycles. The summed E-state index contributed by atoms with van der Waals surface area (Å²) < 4.78 is 0. The summed E-state index contributed by atoms with van der Waals surface area (Å²) in [5.74, 6) is -12.3. The number of phenolic OH excluding ortho intramolecular Hbond substituents is 2. The molecule has 3 aromatic carbocycles. The Labute approximate surface area is 519 Å². The van der Waals surface area contributed by atoms with E-state index in [0.29, 0.717) is 42.4 Å². The number of aliphatic carboxylic acids is 1. The standard InChI is InChI=1S/C58H83N13O17S/c1-32(73)49(58(88)69-45(30-72)51(81)62-29-47(77)64-40(13-7-9-25-60)53(83)70-46(31-89)50(61)80)71-57(87)44(28-36-16-20-38(76)21-17-36)68-55(85)42(26-34-10-4-3-5-11-34)67-56(86)43(27-35-14-18-37(75)19-15-35)66-54(84)41(22-23-48(78)79)65-52(82)39(63-33(2)74)12-6-8-24-59/h3-5,10-11,14-21,32,39-46,49,72-73,75-76,89H,6-9,12-13,22-31,59-60H2,1-2H3,(H2,61,80)(H,62,81)(H,63,74)(H,64,77)(H,65,82)(H,66,84)(H,67,86)(H,68,85)(H,69,88)(H,70,83)(H,71,87)(H,78,79)/t32-,39+,40+,41+,42+,43+,44+,45+,46+,49+/m1/s1. The lowest BCUT2D eigenvalue weighted by molar-refractivity contribution is -0.138. The summed E-state index contributed by atoms with van der Waals surface area (Å²) in [7, 11) is 0. The molecule has 0 aliphatic heterocycles. The van der Waals surface area contributed by atoms with Crippen LogP contribution < -0.4 is 70.4 Å². The maximum Gasteiger partial charge on any atom is 0.303 e. The van der Waals surface area contributed by atoms with Gasteiger partial charge in [-0.3, -0.25) is 57.5 Å². The van der Waals surface area contributed by atoms with Gasteiger partial charge in [-0.05, 0) is 106 Å². The van der Waals surface area contributed by atoms with Crippen LogP contribution in [-0.4, -0.2) is 189 Å². The van der Waals surface area contributed by atoms with Crippen LogP contribution in [0.5, 0.6) is 11.5 Å². The topological polar surface area (TPSA) is 504 Å². The number of aliphatic hydroxyl groups excluding tert-OH is 2. The number of nitrogens with one attached hydrogen (secondary N) is 10. The fraction of sp³-hybridized carbons (Fsp3) is 0.483. The Balaban J connectivity index is 1.96. The molecule has 488 valence electrons. The Bertz CT molecular complexity index is 2850. The van der Waals surface area contributed by atoms with E-state index in [1.165, 1.54) is 55.5 Å². The number of carboxylic acids is 1. The molecule has 30 nitrogen and oxygen atoms in total. The van der Waals surface area contributed by atoms with Gasteiger partial charge in [-0.2, -0.15) is 12.6 Å². The zero-order valence-corrected chi connectivity index (χ0v) is 50.3. The van der Waals surface area contributed by atoms with Crippen molar-refractivity contribution < 1.29 is 83.1 Å². The van der Waals surface area contributed by atoms with E-state index >= 15 is 0 Å². The largest absolute Gasteiger partial charge is 0.508 e. The molecule has 0 spiro atoms. The van der Waals surface area contributed by atoms with Crippen LogP contribution in [-0.2, 0) is 76.8 Å². The highest BCUT2D eigenvalue weighted by Gasteiger charge is 2.36. The van der Waals surface area contributed by atoms with Crippen LogP contribution in [0.2, 0.25) is 0 Å². The number of carbonyl (C=O) groups excluding carboxylic acids is 11. The molecule has 11 amide bonds. The van der Waals surface area contributed by atoms with Crippen molar-refractivity contribution in [2.24, 2.45) is 17.2 Å². The van der Waals surface area contributed by atoms with Gasteiger partial charge in [0.05, 0.1) is 19.3 Å². The number of hydrogen-bond donors (Lipinski definition) is 19. The molecule has 0 saturated carbocycles. The number of benzene rings is 3. The van der Waals surface area contributed by atoms with Crippen molar-refractivity contribution in [3.63, 3.8) is 0 Å². The molecule has 0 bridgehead atoms. The number of thiol groups is 1. The number of rotatable bonds is 40. The molecule has 21 N–H and O–H groups in total. The van der Waals surface area contributed by atoms with Crippen molar-refractivity contribution in [1.29, 1.82) is 0 Å². The third kappa shape index (κ3) is 27.4. The van der Waals surface area contributed by atoms with E-state index < -0.39 is 157 Å². The first-order chi connectivity index (χ1) is 42.3. The molecule has 0 aliphatic rings. The normalized spacial score (nSPS) is 14.3. The van der Waals surface area contributed by atoms with Crippen LogP contribution in [0.3, 0.4) is 0 Å². The van der Waals surface area contributed by atoms with Crippen molar-refractivity contribution in [3.05, 3.63) is 95.6 Å². The van der Waals surface area contributed by atoms with E-state index in [2.05, 4.69) is 65.8 Å². The Morgan fingerprint density at radius 1 is 0.483 bits per heavy atom. The first kappa shape index (κ1) is 74.3. The van der Waals surface area contributed by atoms with Crippen LogP contribution in [0.15, 0.2) is 78.9 Å². The zero-order chi connectivity index (χ0) is 66.2. The highest BCUT2D eigenvalue weighted by Crippen LogP contribution is 2.16. The van der Waals surface area contributed by atoms with Gasteiger partial charge < -0.3 is 95.9 Å². The smallest absolute Gasteiger partial charge is 0.303 e. The predicted molar refractivity (Wildman–Crippen MR) is 324 cm³/mol. The average Bonchev–Trinajstić information content (AvgIpc) is 3.58. The fourth-order valence-electron chi connectivity index (χ4n) is 8.74. The first-order valence-corrected chi connectivity index (χ1v) is 29.3. The Kier molecular flexibility index (Phi) is 32.6. The van der Waals surface area contributed by atoms with Crippen molar-refractivity contribution in [1.82, 2.24) is 53.2 Å². The van der Waals surface area contributed by atoms with Gasteiger partial charge in [0.15, 0.2) is 0 Å². The third-order valence-corrected chi connectivity index (χ3v) is 14.0. The average molecular weight is 1270 g/mol. The molecular formula is C58H83N13O17S. The summed E-state index contributed by atoms with van der Waals surface area (Å²) in [6.07, 6.45) is -1.85. The lowest BCUT2D eigenvalue weighted by Crippen LogP contribution is -2.62.